The molecule has 4 rings (SSSR count). The van der Waals surface area contributed by atoms with Crippen molar-refractivity contribution >= 4 is 11.8 Å². The number of hydrogen-bond acceptors (Lipinski definition) is 6. The van der Waals surface area contributed by atoms with Crippen molar-refractivity contribution in [3.8, 4) is 0 Å². The molecule has 2 aliphatic rings. The largest absolute Gasteiger partial charge is 0.354 e. The van der Waals surface area contributed by atoms with Gasteiger partial charge < -0.3 is 9.80 Å². The Balaban J connectivity index is 1.57. The molecule has 0 aliphatic carbocycles. The van der Waals surface area contributed by atoms with Crippen molar-refractivity contribution in [1.29, 1.82) is 0 Å². The van der Waals surface area contributed by atoms with E-state index in [9.17, 15) is 0 Å². The van der Waals surface area contributed by atoms with Crippen molar-refractivity contribution in [3.63, 3.8) is 0 Å². The molecule has 2 aromatic rings. The van der Waals surface area contributed by atoms with E-state index in [0.717, 1.165) is 43.0 Å². The van der Waals surface area contributed by atoms with Crippen LogP contribution in [0.2, 0.25) is 0 Å². The number of hydrogen-bond donors (Lipinski definition) is 0. The lowest BCUT2D eigenvalue weighted by molar-refractivity contribution is 0.387. The van der Waals surface area contributed by atoms with Gasteiger partial charge in [-0.05, 0) is 37.8 Å². The molecule has 0 saturated carbocycles. The van der Waals surface area contributed by atoms with E-state index in [1.165, 1.54) is 12.8 Å². The summed E-state index contributed by atoms with van der Waals surface area (Å²) < 4.78 is 0. The number of piperidine rings is 1. The highest BCUT2D eigenvalue weighted by Crippen LogP contribution is 2.34. The van der Waals surface area contributed by atoms with Crippen LogP contribution in [-0.2, 0) is 0 Å². The Morgan fingerprint density at radius 1 is 1.09 bits per heavy atom. The molecule has 0 bridgehead atoms. The minimum Gasteiger partial charge on any atom is -0.354 e. The van der Waals surface area contributed by atoms with E-state index < -0.39 is 0 Å². The quantitative estimate of drug-likeness (QED) is 0.840. The Bertz CT molecular complexity index is 646. The van der Waals surface area contributed by atoms with Gasteiger partial charge in [-0.2, -0.15) is 0 Å². The first-order chi connectivity index (χ1) is 10.8. The minimum atomic E-state index is 0.477. The highest BCUT2D eigenvalue weighted by molar-refractivity contribution is 5.42. The van der Waals surface area contributed by atoms with Crippen LogP contribution in [0.25, 0.3) is 0 Å². The average Bonchev–Trinajstić information content (AvgIpc) is 2.99. The molecule has 2 unspecified atom stereocenters. The van der Waals surface area contributed by atoms with Crippen molar-refractivity contribution in [1.82, 2.24) is 19.9 Å². The Kier molecular flexibility index (Phi) is 3.36. The van der Waals surface area contributed by atoms with Crippen molar-refractivity contribution < 1.29 is 0 Å². The summed E-state index contributed by atoms with van der Waals surface area (Å²) in [7, 11) is 0. The summed E-state index contributed by atoms with van der Waals surface area (Å²) in [5.41, 5.74) is 1.02. The van der Waals surface area contributed by atoms with E-state index in [-0.39, 0.29) is 0 Å². The number of anilines is 2. The summed E-state index contributed by atoms with van der Waals surface area (Å²) >= 11 is 0. The average molecular weight is 296 g/mol. The lowest BCUT2D eigenvalue weighted by Gasteiger charge is -2.39. The molecule has 0 aromatic carbocycles. The standard InChI is InChI=1S/C16H20N6/c1-12-2-7-18-16(20-12)22-9-5-13-4-8-21(10-14(13)22)15-3-6-17-11-19-15/h2-3,6-7,11,13-14H,4-5,8-10H2,1H3. The molecule has 2 aromatic heterocycles. The monoisotopic (exact) mass is 296 g/mol. The molecule has 22 heavy (non-hydrogen) atoms. The van der Waals surface area contributed by atoms with Gasteiger partial charge in [0.2, 0.25) is 5.95 Å². The van der Waals surface area contributed by atoms with E-state index in [4.69, 9.17) is 0 Å². The summed E-state index contributed by atoms with van der Waals surface area (Å²) in [6.45, 7) is 5.13. The predicted octanol–water partition coefficient (Wildman–Crippen LogP) is 1.68. The molecule has 0 radical (unpaired) electrons. The van der Waals surface area contributed by atoms with Crippen LogP contribution in [0.3, 0.4) is 0 Å². The van der Waals surface area contributed by atoms with Gasteiger partial charge in [-0.1, -0.05) is 0 Å². The van der Waals surface area contributed by atoms with Gasteiger partial charge in [-0.25, -0.2) is 19.9 Å². The highest BCUT2D eigenvalue weighted by atomic mass is 15.3. The fourth-order valence-electron chi connectivity index (χ4n) is 3.64. The molecule has 0 spiro atoms. The van der Waals surface area contributed by atoms with E-state index in [0.29, 0.717) is 6.04 Å². The van der Waals surface area contributed by atoms with Gasteiger partial charge in [-0.15, -0.1) is 0 Å². The second-order valence-electron chi connectivity index (χ2n) is 6.11. The number of aromatic nitrogens is 4. The molecule has 2 fully saturated rings. The first-order valence-corrected chi connectivity index (χ1v) is 7.88. The Hall–Kier alpha value is -2.24. The first-order valence-electron chi connectivity index (χ1n) is 7.88. The van der Waals surface area contributed by atoms with Gasteiger partial charge in [0.05, 0.1) is 6.04 Å². The third kappa shape index (κ3) is 2.38. The predicted molar refractivity (Wildman–Crippen MR) is 84.9 cm³/mol. The second kappa shape index (κ2) is 5.51. The molecule has 2 atom stereocenters. The maximum Gasteiger partial charge on any atom is 0.225 e. The fraction of sp³-hybridized carbons (Fsp3) is 0.500. The maximum absolute atomic E-state index is 4.61. The normalized spacial score (nSPS) is 24.4. The zero-order chi connectivity index (χ0) is 14.9. The lowest BCUT2D eigenvalue weighted by Crippen LogP contribution is -2.49. The molecule has 6 nitrogen and oxygen atoms in total. The van der Waals surface area contributed by atoms with Gasteiger partial charge >= 0.3 is 0 Å². The molecule has 0 amide bonds. The van der Waals surface area contributed by atoms with E-state index in [2.05, 4.69) is 29.7 Å². The zero-order valence-corrected chi connectivity index (χ0v) is 12.8. The molecular formula is C16H20N6. The van der Waals surface area contributed by atoms with Gasteiger partial charge in [0.1, 0.15) is 12.1 Å². The van der Waals surface area contributed by atoms with Crippen molar-refractivity contribution in [2.45, 2.75) is 25.8 Å². The van der Waals surface area contributed by atoms with E-state index in [1.807, 2.05) is 31.5 Å². The summed E-state index contributed by atoms with van der Waals surface area (Å²) in [6, 6.07) is 4.42. The van der Waals surface area contributed by atoms with Crippen LogP contribution in [0.5, 0.6) is 0 Å². The summed E-state index contributed by atoms with van der Waals surface area (Å²) in [5.74, 6) is 2.63. The Labute approximate surface area is 130 Å². The lowest BCUT2D eigenvalue weighted by atomic mass is 9.92. The van der Waals surface area contributed by atoms with Gasteiger partial charge in [0, 0.05) is 37.7 Å². The third-order valence-electron chi connectivity index (χ3n) is 4.79. The molecular weight excluding hydrogens is 276 g/mol. The SMILES string of the molecule is Cc1ccnc(N2CCC3CCN(c4ccncn4)CC32)n1. The molecule has 2 aliphatic heterocycles. The van der Waals surface area contributed by atoms with Crippen LogP contribution >= 0.6 is 0 Å². The Morgan fingerprint density at radius 3 is 2.82 bits per heavy atom. The van der Waals surface area contributed by atoms with Crippen molar-refractivity contribution in [2.24, 2.45) is 5.92 Å². The summed E-state index contributed by atoms with van der Waals surface area (Å²) in [4.78, 5) is 22.2. The highest BCUT2D eigenvalue weighted by Gasteiger charge is 2.39. The Morgan fingerprint density at radius 2 is 2.00 bits per heavy atom. The maximum atomic E-state index is 4.61. The van der Waals surface area contributed by atoms with Gasteiger partial charge in [0.15, 0.2) is 0 Å². The van der Waals surface area contributed by atoms with E-state index in [1.54, 1.807) is 6.33 Å². The van der Waals surface area contributed by atoms with Gasteiger partial charge in [-0.3, -0.25) is 0 Å². The molecule has 0 N–H and O–H groups in total. The van der Waals surface area contributed by atoms with Crippen LogP contribution in [0, 0.1) is 12.8 Å². The van der Waals surface area contributed by atoms with E-state index >= 15 is 0 Å². The molecule has 2 saturated heterocycles. The molecule has 4 heterocycles. The van der Waals surface area contributed by atoms with Crippen LogP contribution in [0.4, 0.5) is 11.8 Å². The van der Waals surface area contributed by atoms with Crippen molar-refractivity contribution in [3.05, 3.63) is 36.5 Å². The summed E-state index contributed by atoms with van der Waals surface area (Å²) in [5, 5.41) is 0. The first kappa shape index (κ1) is 13.4. The van der Waals surface area contributed by atoms with Crippen LogP contribution in [0.1, 0.15) is 18.5 Å². The number of rotatable bonds is 2. The van der Waals surface area contributed by atoms with Crippen LogP contribution < -0.4 is 9.80 Å². The molecule has 114 valence electrons. The second-order valence-corrected chi connectivity index (χ2v) is 6.11. The molecule has 6 heteroatoms. The topological polar surface area (TPSA) is 58.0 Å². The minimum absolute atomic E-state index is 0.477. The number of nitrogens with zero attached hydrogens (tertiary/aromatic N) is 6. The summed E-state index contributed by atoms with van der Waals surface area (Å²) in [6.07, 6.45) is 7.73. The van der Waals surface area contributed by atoms with Crippen molar-refractivity contribution in [2.75, 3.05) is 29.4 Å². The number of aryl methyl sites for hydroxylation is 1. The zero-order valence-electron chi connectivity index (χ0n) is 12.8. The van der Waals surface area contributed by atoms with Gasteiger partial charge in [0.25, 0.3) is 0 Å². The van der Waals surface area contributed by atoms with Crippen LogP contribution in [-0.4, -0.2) is 45.6 Å². The fourth-order valence-corrected chi connectivity index (χ4v) is 3.64. The number of fused-ring (bicyclic) bond motifs is 1. The smallest absolute Gasteiger partial charge is 0.225 e. The van der Waals surface area contributed by atoms with Crippen LogP contribution in [0.15, 0.2) is 30.9 Å². The third-order valence-corrected chi connectivity index (χ3v) is 4.79.